The first-order chi connectivity index (χ1) is 6.04. The Labute approximate surface area is 96.2 Å². The topological polar surface area (TPSA) is 46.2 Å². The molecule has 0 aliphatic carbocycles. The van der Waals surface area contributed by atoms with Gasteiger partial charge in [-0.3, -0.25) is 0 Å². The van der Waals surface area contributed by atoms with E-state index >= 15 is 0 Å². The van der Waals surface area contributed by atoms with Crippen molar-refractivity contribution < 1.29 is 5.11 Å². The van der Waals surface area contributed by atoms with Gasteiger partial charge in [0.15, 0.2) is 0 Å². The maximum absolute atomic E-state index is 9.32. The third kappa shape index (κ3) is 2.56. The van der Waals surface area contributed by atoms with E-state index in [1.165, 1.54) is 0 Å². The van der Waals surface area contributed by atoms with Crippen LogP contribution in [0.5, 0.6) is 0 Å². The minimum absolute atomic E-state index is 0.370. The van der Waals surface area contributed by atoms with Crippen LogP contribution in [0.1, 0.15) is 18.5 Å². The summed E-state index contributed by atoms with van der Waals surface area (Å²) < 4.78 is 0.912. The molecule has 0 amide bonds. The standard InChI is InChI=1S/C9H11ClINO/c1-5(13)9(12)6-3-2-4-7(10)8(6)11/h2-5,9,13H,12H2,1H3/t5-,9-/m0/s1. The minimum atomic E-state index is -0.563. The zero-order chi connectivity index (χ0) is 10.0. The second-order valence-corrected chi connectivity index (χ2v) is 4.40. The Balaban J connectivity index is 3.07. The summed E-state index contributed by atoms with van der Waals surface area (Å²) in [5.41, 5.74) is 6.69. The summed E-state index contributed by atoms with van der Waals surface area (Å²) in [4.78, 5) is 0. The summed E-state index contributed by atoms with van der Waals surface area (Å²) in [6.45, 7) is 1.67. The zero-order valence-electron chi connectivity index (χ0n) is 7.17. The number of aliphatic hydroxyl groups is 1. The molecule has 1 aromatic rings. The fourth-order valence-corrected chi connectivity index (χ4v) is 1.94. The van der Waals surface area contributed by atoms with Crippen molar-refractivity contribution in [3.05, 3.63) is 32.4 Å². The van der Waals surface area contributed by atoms with Gasteiger partial charge in [-0.2, -0.15) is 0 Å². The molecule has 2 nitrogen and oxygen atoms in total. The second-order valence-electron chi connectivity index (χ2n) is 2.91. The second kappa shape index (κ2) is 4.59. The number of nitrogens with two attached hydrogens (primary N) is 1. The van der Waals surface area contributed by atoms with E-state index < -0.39 is 6.10 Å². The van der Waals surface area contributed by atoms with Gasteiger partial charge in [0.1, 0.15) is 0 Å². The number of rotatable bonds is 2. The molecule has 0 unspecified atom stereocenters. The highest BCUT2D eigenvalue weighted by Gasteiger charge is 2.15. The smallest absolute Gasteiger partial charge is 0.0705 e. The maximum Gasteiger partial charge on any atom is 0.0705 e. The van der Waals surface area contributed by atoms with Crippen LogP contribution in [-0.4, -0.2) is 11.2 Å². The normalized spacial score (nSPS) is 15.5. The number of aliphatic hydroxyl groups excluding tert-OH is 1. The summed E-state index contributed by atoms with van der Waals surface area (Å²) in [5, 5.41) is 9.99. The Kier molecular flexibility index (Phi) is 3.97. The molecule has 2 atom stereocenters. The maximum atomic E-state index is 9.32. The van der Waals surface area contributed by atoms with Crippen molar-refractivity contribution in [3.8, 4) is 0 Å². The van der Waals surface area contributed by atoms with Gasteiger partial charge in [0.25, 0.3) is 0 Å². The Hall–Kier alpha value is 0.160. The first-order valence-electron chi connectivity index (χ1n) is 3.91. The Morgan fingerprint density at radius 1 is 1.54 bits per heavy atom. The molecular weight excluding hydrogens is 300 g/mol. The van der Waals surface area contributed by atoms with Crippen molar-refractivity contribution >= 4 is 34.2 Å². The van der Waals surface area contributed by atoms with E-state index in [2.05, 4.69) is 22.6 Å². The molecule has 1 rings (SSSR count). The van der Waals surface area contributed by atoms with Crippen LogP contribution in [0.2, 0.25) is 5.02 Å². The molecule has 0 saturated carbocycles. The third-order valence-electron chi connectivity index (χ3n) is 1.86. The molecule has 0 saturated heterocycles. The molecule has 0 fully saturated rings. The van der Waals surface area contributed by atoms with E-state index in [-0.39, 0.29) is 6.04 Å². The van der Waals surface area contributed by atoms with Crippen LogP contribution in [0.15, 0.2) is 18.2 Å². The summed E-state index contributed by atoms with van der Waals surface area (Å²) in [6.07, 6.45) is -0.563. The Morgan fingerprint density at radius 3 is 2.69 bits per heavy atom. The van der Waals surface area contributed by atoms with Gasteiger partial charge in [-0.05, 0) is 41.1 Å². The number of benzene rings is 1. The molecule has 0 bridgehead atoms. The van der Waals surface area contributed by atoms with Gasteiger partial charge in [-0.25, -0.2) is 0 Å². The predicted molar refractivity (Wildman–Crippen MR) is 62.8 cm³/mol. The largest absolute Gasteiger partial charge is 0.391 e. The summed E-state index contributed by atoms with van der Waals surface area (Å²) >= 11 is 8.05. The minimum Gasteiger partial charge on any atom is -0.391 e. The van der Waals surface area contributed by atoms with Crippen LogP contribution >= 0.6 is 34.2 Å². The molecule has 0 radical (unpaired) electrons. The predicted octanol–water partition coefficient (Wildman–Crippen LogP) is 2.33. The highest BCUT2D eigenvalue weighted by atomic mass is 127. The van der Waals surface area contributed by atoms with E-state index in [0.717, 1.165) is 9.13 Å². The molecule has 0 heterocycles. The average Bonchev–Trinajstić information content (AvgIpc) is 2.08. The highest BCUT2D eigenvalue weighted by molar-refractivity contribution is 14.1. The Bertz CT molecular complexity index is 304. The highest BCUT2D eigenvalue weighted by Crippen LogP contribution is 2.26. The van der Waals surface area contributed by atoms with Crippen molar-refractivity contribution in [2.45, 2.75) is 19.1 Å². The Morgan fingerprint density at radius 2 is 2.15 bits per heavy atom. The lowest BCUT2D eigenvalue weighted by Crippen LogP contribution is -2.24. The van der Waals surface area contributed by atoms with Gasteiger partial charge >= 0.3 is 0 Å². The lowest BCUT2D eigenvalue weighted by atomic mass is 10.0. The van der Waals surface area contributed by atoms with Gasteiger partial charge in [-0.15, -0.1) is 0 Å². The van der Waals surface area contributed by atoms with E-state index in [4.69, 9.17) is 17.3 Å². The van der Waals surface area contributed by atoms with Crippen molar-refractivity contribution in [1.29, 1.82) is 0 Å². The summed E-state index contributed by atoms with van der Waals surface area (Å²) in [6, 6.07) is 5.15. The first-order valence-corrected chi connectivity index (χ1v) is 5.37. The molecule has 3 N–H and O–H groups in total. The van der Waals surface area contributed by atoms with Crippen LogP contribution in [0, 0.1) is 3.57 Å². The van der Waals surface area contributed by atoms with E-state index in [9.17, 15) is 5.11 Å². The van der Waals surface area contributed by atoms with Crippen LogP contribution in [-0.2, 0) is 0 Å². The van der Waals surface area contributed by atoms with Crippen LogP contribution in [0.4, 0.5) is 0 Å². The monoisotopic (exact) mass is 311 g/mol. The van der Waals surface area contributed by atoms with Gasteiger partial charge in [0, 0.05) is 3.57 Å². The van der Waals surface area contributed by atoms with Gasteiger partial charge in [0.2, 0.25) is 0 Å². The third-order valence-corrected chi connectivity index (χ3v) is 3.70. The van der Waals surface area contributed by atoms with Crippen LogP contribution in [0.3, 0.4) is 0 Å². The quantitative estimate of drug-likeness (QED) is 0.824. The number of hydrogen-bond acceptors (Lipinski definition) is 2. The zero-order valence-corrected chi connectivity index (χ0v) is 10.1. The van der Waals surface area contributed by atoms with Crippen molar-refractivity contribution in [1.82, 2.24) is 0 Å². The van der Waals surface area contributed by atoms with Gasteiger partial charge < -0.3 is 10.8 Å². The van der Waals surface area contributed by atoms with E-state index in [0.29, 0.717) is 5.02 Å². The van der Waals surface area contributed by atoms with Gasteiger partial charge in [-0.1, -0.05) is 23.7 Å². The molecule has 13 heavy (non-hydrogen) atoms. The van der Waals surface area contributed by atoms with Crippen LogP contribution in [0.25, 0.3) is 0 Å². The molecule has 1 aromatic carbocycles. The lowest BCUT2D eigenvalue weighted by Gasteiger charge is -2.17. The van der Waals surface area contributed by atoms with Crippen LogP contribution < -0.4 is 5.73 Å². The van der Waals surface area contributed by atoms with Crippen molar-refractivity contribution in [2.75, 3.05) is 0 Å². The number of hydrogen-bond donors (Lipinski definition) is 2. The van der Waals surface area contributed by atoms with Gasteiger partial charge in [0.05, 0.1) is 17.2 Å². The van der Waals surface area contributed by atoms with E-state index in [1.54, 1.807) is 6.92 Å². The average molecular weight is 312 g/mol. The molecule has 0 aromatic heterocycles. The van der Waals surface area contributed by atoms with E-state index in [1.807, 2.05) is 18.2 Å². The summed E-state index contributed by atoms with van der Waals surface area (Å²) in [5.74, 6) is 0. The number of halogens is 2. The lowest BCUT2D eigenvalue weighted by molar-refractivity contribution is 0.164. The molecule has 72 valence electrons. The first kappa shape index (κ1) is 11.2. The van der Waals surface area contributed by atoms with Crippen molar-refractivity contribution in [3.63, 3.8) is 0 Å². The SMILES string of the molecule is C[C@H](O)[C@H](N)c1cccc(Cl)c1I. The molecule has 0 aliphatic heterocycles. The molecule has 0 spiro atoms. The molecular formula is C9H11ClINO. The summed E-state index contributed by atoms with van der Waals surface area (Å²) in [7, 11) is 0. The molecule has 4 heteroatoms. The molecule has 0 aliphatic rings. The van der Waals surface area contributed by atoms with Crippen molar-refractivity contribution in [2.24, 2.45) is 5.73 Å². The fraction of sp³-hybridized carbons (Fsp3) is 0.333. The fourth-order valence-electron chi connectivity index (χ4n) is 1.04.